The molecule has 1 saturated heterocycles. The molecule has 1 fully saturated rings. The van der Waals surface area contributed by atoms with Crippen LogP contribution >= 0.6 is 22.7 Å². The molecule has 4 aromatic rings. The van der Waals surface area contributed by atoms with Gasteiger partial charge in [-0.25, -0.2) is 4.98 Å². The van der Waals surface area contributed by atoms with Gasteiger partial charge in [0.2, 0.25) is 10.8 Å². The van der Waals surface area contributed by atoms with Crippen LogP contribution in [0, 0.1) is 0 Å². The van der Waals surface area contributed by atoms with Crippen molar-refractivity contribution in [2.45, 2.75) is 12.6 Å². The number of aromatic nitrogens is 3. The summed E-state index contributed by atoms with van der Waals surface area (Å²) in [6.45, 7) is 5.51. The Balaban J connectivity index is 1.37. The van der Waals surface area contributed by atoms with E-state index in [9.17, 15) is 5.11 Å². The molecule has 1 aromatic carbocycles. The fraction of sp³-hybridized carbons (Fsp3) is 0.300. The molecule has 3 aromatic heterocycles. The largest absolute Gasteiger partial charge is 0.492 e. The normalized spacial score (nSPS) is 21.1. The molecule has 8 heteroatoms. The van der Waals surface area contributed by atoms with Gasteiger partial charge in [0.15, 0.2) is 6.04 Å². The average Bonchev–Trinajstić information content (AvgIpc) is 3.46. The van der Waals surface area contributed by atoms with Gasteiger partial charge in [0, 0.05) is 5.56 Å². The van der Waals surface area contributed by atoms with Crippen molar-refractivity contribution in [3.05, 3.63) is 69.5 Å². The second kappa shape index (κ2) is 7.63. The Morgan fingerprint density at radius 1 is 1.07 bits per heavy atom. The van der Waals surface area contributed by atoms with E-state index in [4.69, 9.17) is 0 Å². The molecule has 28 heavy (non-hydrogen) atoms. The van der Waals surface area contributed by atoms with Crippen molar-refractivity contribution in [2.24, 2.45) is 0 Å². The molecule has 0 radical (unpaired) electrons. The lowest BCUT2D eigenvalue weighted by Crippen LogP contribution is -3.27. The lowest BCUT2D eigenvalue weighted by molar-refractivity contribution is -1.03. The van der Waals surface area contributed by atoms with E-state index >= 15 is 0 Å². The molecule has 5 rings (SSSR count). The number of piperazine rings is 1. The summed E-state index contributed by atoms with van der Waals surface area (Å²) in [7, 11) is 0. The van der Waals surface area contributed by atoms with E-state index in [0.29, 0.717) is 0 Å². The maximum Gasteiger partial charge on any atom is 0.235 e. The minimum absolute atomic E-state index is 0.145. The number of fused-ring (bicyclic) bond motifs is 1. The summed E-state index contributed by atoms with van der Waals surface area (Å²) in [6, 6.07) is 15.2. The zero-order valence-electron chi connectivity index (χ0n) is 15.4. The van der Waals surface area contributed by atoms with Crippen LogP contribution in [0.5, 0.6) is 5.88 Å². The van der Waals surface area contributed by atoms with Gasteiger partial charge in [0.05, 0.1) is 4.88 Å². The maximum atomic E-state index is 10.8. The number of thiazole rings is 1. The predicted octanol–water partition coefficient (Wildman–Crippen LogP) is 0.631. The van der Waals surface area contributed by atoms with Gasteiger partial charge < -0.3 is 14.9 Å². The molecular formula is C20H23N5OS2+2. The number of aromatic hydroxyl groups is 1. The van der Waals surface area contributed by atoms with Crippen LogP contribution in [0.4, 0.5) is 0 Å². The first-order chi connectivity index (χ1) is 13.8. The van der Waals surface area contributed by atoms with E-state index in [1.165, 1.54) is 21.7 Å². The highest BCUT2D eigenvalue weighted by atomic mass is 32.1. The Kier molecular flexibility index (Phi) is 4.86. The number of hydrogen-bond acceptors (Lipinski definition) is 5. The van der Waals surface area contributed by atoms with Gasteiger partial charge >= 0.3 is 0 Å². The van der Waals surface area contributed by atoms with Crippen molar-refractivity contribution >= 4 is 27.6 Å². The first-order valence-electron chi connectivity index (χ1n) is 9.56. The lowest BCUT2D eigenvalue weighted by atomic mass is 10.1. The SMILES string of the molecule is Oc1c([C@H](c2cccs2)[NH+]2CC[NH+](Cc3ccccc3)CC2)sc2ncnn12. The van der Waals surface area contributed by atoms with Gasteiger partial charge in [0.25, 0.3) is 0 Å². The quantitative estimate of drug-likeness (QED) is 0.450. The van der Waals surface area contributed by atoms with E-state index in [0.717, 1.165) is 42.6 Å². The zero-order valence-corrected chi connectivity index (χ0v) is 17.0. The molecule has 0 amide bonds. The Labute approximate surface area is 171 Å². The highest BCUT2D eigenvalue weighted by Crippen LogP contribution is 2.35. The van der Waals surface area contributed by atoms with Crippen LogP contribution in [-0.4, -0.2) is 45.9 Å². The maximum absolute atomic E-state index is 10.8. The van der Waals surface area contributed by atoms with Gasteiger partial charge in [-0.1, -0.05) is 47.7 Å². The monoisotopic (exact) mass is 413 g/mol. The molecule has 0 unspecified atom stereocenters. The summed E-state index contributed by atoms with van der Waals surface area (Å²) in [6.07, 6.45) is 1.49. The Bertz CT molecular complexity index is 1040. The molecule has 0 bridgehead atoms. The summed E-state index contributed by atoms with van der Waals surface area (Å²) in [4.78, 5) is 10.4. The first-order valence-corrected chi connectivity index (χ1v) is 11.3. The molecule has 3 N–H and O–H groups in total. The third kappa shape index (κ3) is 3.33. The number of rotatable bonds is 5. The van der Waals surface area contributed by atoms with Crippen molar-refractivity contribution in [3.8, 4) is 5.88 Å². The van der Waals surface area contributed by atoms with Crippen LogP contribution in [0.15, 0.2) is 54.2 Å². The van der Waals surface area contributed by atoms with Crippen LogP contribution in [0.2, 0.25) is 0 Å². The predicted molar refractivity (Wildman–Crippen MR) is 110 cm³/mol. The molecule has 1 aliphatic heterocycles. The van der Waals surface area contributed by atoms with Crippen molar-refractivity contribution in [1.29, 1.82) is 0 Å². The highest BCUT2D eigenvalue weighted by molar-refractivity contribution is 7.17. The summed E-state index contributed by atoms with van der Waals surface area (Å²) in [5.41, 5.74) is 1.40. The highest BCUT2D eigenvalue weighted by Gasteiger charge is 2.36. The number of nitrogens with one attached hydrogen (secondary N) is 2. The molecule has 1 aliphatic rings. The number of thiophene rings is 1. The van der Waals surface area contributed by atoms with Gasteiger partial charge in [-0.15, -0.1) is 11.3 Å². The Morgan fingerprint density at radius 2 is 1.89 bits per heavy atom. The Morgan fingerprint density at radius 3 is 2.61 bits per heavy atom. The zero-order chi connectivity index (χ0) is 18.9. The minimum atomic E-state index is 0.145. The van der Waals surface area contributed by atoms with E-state index in [1.54, 1.807) is 32.1 Å². The summed E-state index contributed by atoms with van der Waals surface area (Å²) < 4.78 is 1.55. The molecule has 0 saturated carbocycles. The van der Waals surface area contributed by atoms with Crippen LogP contribution in [0.25, 0.3) is 4.96 Å². The minimum Gasteiger partial charge on any atom is -0.492 e. The topological polar surface area (TPSA) is 59.3 Å². The van der Waals surface area contributed by atoms with Crippen molar-refractivity contribution in [2.75, 3.05) is 26.2 Å². The molecule has 1 atom stereocenters. The van der Waals surface area contributed by atoms with E-state index < -0.39 is 0 Å². The van der Waals surface area contributed by atoms with Crippen LogP contribution < -0.4 is 9.80 Å². The number of hydrogen-bond donors (Lipinski definition) is 3. The number of quaternary nitrogens is 2. The first kappa shape index (κ1) is 17.8. The molecule has 144 valence electrons. The van der Waals surface area contributed by atoms with Gasteiger partial charge in [-0.05, 0) is 11.4 Å². The van der Waals surface area contributed by atoms with Gasteiger partial charge in [-0.3, -0.25) is 0 Å². The Hall–Kier alpha value is -2.26. The number of benzene rings is 1. The molecule has 0 spiro atoms. The third-order valence-corrected chi connectivity index (χ3v) is 7.57. The standard InChI is InChI=1S/C20H21N5OS2/c26-19-18(28-20-21-14-22-25(19)20)17(16-7-4-12-27-16)24-10-8-23(9-11-24)13-15-5-2-1-3-6-15/h1-7,12,14,17,26H,8-11,13H2/p+2/t17-/m0/s1. The van der Waals surface area contributed by atoms with Gasteiger partial charge in [0.1, 0.15) is 43.9 Å². The van der Waals surface area contributed by atoms with Crippen molar-refractivity contribution in [1.82, 2.24) is 14.6 Å². The molecule has 0 aliphatic carbocycles. The van der Waals surface area contributed by atoms with Crippen molar-refractivity contribution in [3.63, 3.8) is 0 Å². The van der Waals surface area contributed by atoms with E-state index in [2.05, 4.69) is 57.9 Å². The van der Waals surface area contributed by atoms with Crippen molar-refractivity contribution < 1.29 is 14.9 Å². The average molecular weight is 414 g/mol. The third-order valence-electron chi connectivity index (χ3n) is 5.53. The van der Waals surface area contributed by atoms with E-state index in [1.807, 2.05) is 0 Å². The summed E-state index contributed by atoms with van der Waals surface area (Å²) in [5, 5.41) is 17.1. The smallest absolute Gasteiger partial charge is 0.235 e. The molecular weight excluding hydrogens is 390 g/mol. The second-order valence-corrected chi connectivity index (χ2v) is 9.25. The van der Waals surface area contributed by atoms with Crippen LogP contribution in [0.1, 0.15) is 21.4 Å². The fourth-order valence-electron chi connectivity index (χ4n) is 4.13. The van der Waals surface area contributed by atoms with Crippen LogP contribution in [-0.2, 0) is 6.54 Å². The lowest BCUT2D eigenvalue weighted by Gasteiger charge is -2.33. The molecule has 6 nitrogen and oxygen atoms in total. The van der Waals surface area contributed by atoms with Crippen LogP contribution in [0.3, 0.4) is 0 Å². The second-order valence-electron chi connectivity index (χ2n) is 7.26. The molecule has 4 heterocycles. The van der Waals surface area contributed by atoms with Gasteiger partial charge in [-0.2, -0.15) is 9.61 Å². The number of nitrogens with zero attached hydrogens (tertiary/aromatic N) is 3. The van der Waals surface area contributed by atoms with E-state index in [-0.39, 0.29) is 11.9 Å². The summed E-state index contributed by atoms with van der Waals surface area (Å²) >= 11 is 3.31. The fourth-order valence-corrected chi connectivity index (χ4v) is 6.20. The summed E-state index contributed by atoms with van der Waals surface area (Å²) in [5.74, 6) is 0.238.